The van der Waals surface area contributed by atoms with E-state index in [0.29, 0.717) is 12.1 Å². The SMILES string of the molecule is O=C(NCc1ccccc1)c1cncc(N2CCN(Cc3ccccc3)CC2)c1. The van der Waals surface area contributed by atoms with Gasteiger partial charge in [0.1, 0.15) is 0 Å². The molecule has 0 spiro atoms. The van der Waals surface area contributed by atoms with Crippen LogP contribution >= 0.6 is 0 Å². The molecule has 0 saturated carbocycles. The van der Waals surface area contributed by atoms with Crippen molar-refractivity contribution >= 4 is 11.6 Å². The molecule has 1 fully saturated rings. The summed E-state index contributed by atoms with van der Waals surface area (Å²) in [5, 5.41) is 2.97. The molecule has 3 aromatic rings. The maximum atomic E-state index is 12.5. The van der Waals surface area contributed by atoms with E-state index in [1.165, 1.54) is 5.56 Å². The summed E-state index contributed by atoms with van der Waals surface area (Å²) in [6, 6.07) is 22.4. The standard InChI is InChI=1S/C24H26N4O/c29-24(26-16-20-7-3-1-4-8-20)22-15-23(18-25-17-22)28-13-11-27(12-14-28)19-21-9-5-2-6-10-21/h1-10,15,17-18H,11-14,16,19H2,(H,26,29). The summed E-state index contributed by atoms with van der Waals surface area (Å²) >= 11 is 0. The summed E-state index contributed by atoms with van der Waals surface area (Å²) < 4.78 is 0. The fourth-order valence-electron chi connectivity index (χ4n) is 3.61. The summed E-state index contributed by atoms with van der Waals surface area (Å²) in [6.45, 7) is 5.36. The predicted octanol–water partition coefficient (Wildman–Crippen LogP) is 3.33. The number of nitrogens with zero attached hydrogens (tertiary/aromatic N) is 3. The van der Waals surface area contributed by atoms with Crippen LogP contribution < -0.4 is 10.2 Å². The van der Waals surface area contributed by atoms with E-state index < -0.39 is 0 Å². The van der Waals surface area contributed by atoms with Crippen LogP contribution in [0.4, 0.5) is 5.69 Å². The monoisotopic (exact) mass is 386 g/mol. The summed E-state index contributed by atoms with van der Waals surface area (Å²) in [4.78, 5) is 21.6. The summed E-state index contributed by atoms with van der Waals surface area (Å²) in [5.74, 6) is -0.0917. The quantitative estimate of drug-likeness (QED) is 0.706. The molecule has 1 saturated heterocycles. The van der Waals surface area contributed by atoms with Crippen LogP contribution in [0.15, 0.2) is 79.1 Å². The molecule has 0 bridgehead atoms. The second-order valence-corrected chi connectivity index (χ2v) is 7.35. The van der Waals surface area contributed by atoms with Gasteiger partial charge in [0.25, 0.3) is 5.91 Å². The Morgan fingerprint density at radius 2 is 1.52 bits per heavy atom. The zero-order valence-electron chi connectivity index (χ0n) is 16.5. The molecular weight excluding hydrogens is 360 g/mol. The number of aromatic nitrogens is 1. The van der Waals surface area contributed by atoms with Gasteiger partial charge >= 0.3 is 0 Å². The third-order valence-electron chi connectivity index (χ3n) is 5.27. The Hall–Kier alpha value is -3.18. The predicted molar refractivity (Wildman–Crippen MR) is 116 cm³/mol. The molecule has 2 aromatic carbocycles. The van der Waals surface area contributed by atoms with Crippen molar-refractivity contribution < 1.29 is 4.79 Å². The van der Waals surface area contributed by atoms with Crippen molar-refractivity contribution in [3.8, 4) is 0 Å². The molecule has 29 heavy (non-hydrogen) atoms. The van der Waals surface area contributed by atoms with E-state index in [4.69, 9.17) is 0 Å². The average molecular weight is 386 g/mol. The lowest BCUT2D eigenvalue weighted by Gasteiger charge is -2.36. The maximum Gasteiger partial charge on any atom is 0.253 e. The van der Waals surface area contributed by atoms with E-state index in [-0.39, 0.29) is 5.91 Å². The Balaban J connectivity index is 1.32. The lowest BCUT2D eigenvalue weighted by molar-refractivity contribution is 0.0950. The molecule has 148 valence electrons. The molecule has 4 rings (SSSR count). The third kappa shape index (κ3) is 5.21. The highest BCUT2D eigenvalue weighted by Gasteiger charge is 2.18. The molecular formula is C24H26N4O. The summed E-state index contributed by atoms with van der Waals surface area (Å²) in [7, 11) is 0. The van der Waals surface area contributed by atoms with Gasteiger partial charge in [-0.05, 0) is 17.2 Å². The Kier molecular flexibility index (Phi) is 6.17. The largest absolute Gasteiger partial charge is 0.368 e. The van der Waals surface area contributed by atoms with Crippen molar-refractivity contribution in [3.05, 3.63) is 95.8 Å². The normalized spacial score (nSPS) is 14.6. The van der Waals surface area contributed by atoms with Crippen LogP contribution in [0.25, 0.3) is 0 Å². The molecule has 2 heterocycles. The van der Waals surface area contributed by atoms with Crippen LogP contribution in [0.3, 0.4) is 0 Å². The number of hydrogen-bond acceptors (Lipinski definition) is 4. The minimum absolute atomic E-state index is 0.0917. The molecule has 1 aliphatic rings. The van der Waals surface area contributed by atoms with Gasteiger partial charge < -0.3 is 10.2 Å². The summed E-state index contributed by atoms with van der Waals surface area (Å²) in [5.41, 5.74) is 4.04. The number of amides is 1. The fraction of sp³-hybridized carbons (Fsp3) is 0.250. The second kappa shape index (κ2) is 9.34. The van der Waals surface area contributed by atoms with Gasteiger partial charge in [-0.15, -0.1) is 0 Å². The molecule has 1 aliphatic heterocycles. The summed E-state index contributed by atoms with van der Waals surface area (Å²) in [6.07, 6.45) is 3.48. The maximum absolute atomic E-state index is 12.5. The van der Waals surface area contributed by atoms with Crippen molar-refractivity contribution in [2.75, 3.05) is 31.1 Å². The Morgan fingerprint density at radius 1 is 0.862 bits per heavy atom. The highest BCUT2D eigenvalue weighted by molar-refractivity contribution is 5.94. The van der Waals surface area contributed by atoms with Crippen LogP contribution in [0.5, 0.6) is 0 Å². The van der Waals surface area contributed by atoms with Crippen LogP contribution in [0.1, 0.15) is 21.5 Å². The van der Waals surface area contributed by atoms with Crippen molar-refractivity contribution in [2.45, 2.75) is 13.1 Å². The van der Waals surface area contributed by atoms with Crippen LogP contribution in [-0.4, -0.2) is 42.0 Å². The second-order valence-electron chi connectivity index (χ2n) is 7.35. The van der Waals surface area contributed by atoms with Gasteiger partial charge in [0.15, 0.2) is 0 Å². The first-order valence-electron chi connectivity index (χ1n) is 10.1. The number of pyridine rings is 1. The van der Waals surface area contributed by atoms with Gasteiger partial charge in [-0.2, -0.15) is 0 Å². The third-order valence-corrected chi connectivity index (χ3v) is 5.27. The van der Waals surface area contributed by atoms with Gasteiger partial charge in [0, 0.05) is 45.5 Å². The molecule has 1 N–H and O–H groups in total. The zero-order valence-corrected chi connectivity index (χ0v) is 16.5. The number of piperazine rings is 1. The van der Waals surface area contributed by atoms with E-state index in [9.17, 15) is 4.79 Å². The zero-order chi connectivity index (χ0) is 19.9. The van der Waals surface area contributed by atoms with Crippen molar-refractivity contribution in [1.82, 2.24) is 15.2 Å². The topological polar surface area (TPSA) is 48.5 Å². The van der Waals surface area contributed by atoms with Crippen LogP contribution in [-0.2, 0) is 13.1 Å². The average Bonchev–Trinajstić information content (AvgIpc) is 2.79. The molecule has 0 radical (unpaired) electrons. The van der Waals surface area contributed by atoms with Crippen LogP contribution in [0.2, 0.25) is 0 Å². The smallest absolute Gasteiger partial charge is 0.253 e. The first-order chi connectivity index (χ1) is 14.3. The van der Waals surface area contributed by atoms with Crippen LogP contribution in [0, 0.1) is 0 Å². The van der Waals surface area contributed by atoms with Gasteiger partial charge in [0.05, 0.1) is 17.4 Å². The highest BCUT2D eigenvalue weighted by atomic mass is 16.1. The minimum atomic E-state index is -0.0917. The Morgan fingerprint density at radius 3 is 2.21 bits per heavy atom. The fourth-order valence-corrected chi connectivity index (χ4v) is 3.61. The molecule has 0 atom stereocenters. The van der Waals surface area contributed by atoms with Gasteiger partial charge in [-0.1, -0.05) is 60.7 Å². The van der Waals surface area contributed by atoms with Gasteiger partial charge in [-0.3, -0.25) is 14.7 Å². The number of anilines is 1. The van der Waals surface area contributed by atoms with Crippen molar-refractivity contribution in [1.29, 1.82) is 0 Å². The Bertz CT molecular complexity index is 922. The van der Waals surface area contributed by atoms with Gasteiger partial charge in [-0.25, -0.2) is 0 Å². The number of rotatable bonds is 6. The van der Waals surface area contributed by atoms with E-state index >= 15 is 0 Å². The molecule has 0 aliphatic carbocycles. The number of carbonyl (C=O) groups excluding carboxylic acids is 1. The lowest BCUT2D eigenvalue weighted by atomic mass is 10.2. The lowest BCUT2D eigenvalue weighted by Crippen LogP contribution is -2.46. The van der Waals surface area contributed by atoms with Gasteiger partial charge in [0.2, 0.25) is 0 Å². The van der Waals surface area contributed by atoms with E-state index in [1.54, 1.807) is 6.20 Å². The Labute approximate surface area is 172 Å². The molecule has 1 aromatic heterocycles. The number of nitrogens with one attached hydrogen (secondary N) is 1. The molecule has 1 amide bonds. The highest BCUT2D eigenvalue weighted by Crippen LogP contribution is 2.18. The first-order valence-corrected chi connectivity index (χ1v) is 10.1. The van der Waals surface area contributed by atoms with E-state index in [1.807, 2.05) is 42.6 Å². The number of carbonyl (C=O) groups is 1. The number of benzene rings is 2. The molecule has 5 nitrogen and oxygen atoms in total. The first kappa shape index (κ1) is 19.2. The van der Waals surface area contributed by atoms with E-state index in [0.717, 1.165) is 44.0 Å². The molecule has 5 heteroatoms. The minimum Gasteiger partial charge on any atom is -0.368 e. The van der Waals surface area contributed by atoms with Crippen molar-refractivity contribution in [3.63, 3.8) is 0 Å². The van der Waals surface area contributed by atoms with E-state index in [2.05, 4.69) is 50.4 Å². The number of hydrogen-bond donors (Lipinski definition) is 1. The van der Waals surface area contributed by atoms with Crippen molar-refractivity contribution in [2.24, 2.45) is 0 Å². The molecule has 0 unspecified atom stereocenters.